The van der Waals surface area contributed by atoms with Gasteiger partial charge in [0.1, 0.15) is 0 Å². The van der Waals surface area contributed by atoms with Crippen LogP contribution in [0.1, 0.15) is 38.2 Å². The fourth-order valence-corrected chi connectivity index (χ4v) is 3.57. The molecule has 1 aliphatic heterocycles. The lowest BCUT2D eigenvalue weighted by Gasteiger charge is -2.19. The molecule has 34 heavy (non-hydrogen) atoms. The number of fused-ring (bicyclic) bond motifs is 1. The Hall–Kier alpha value is -4.83. The van der Waals surface area contributed by atoms with E-state index >= 15 is 0 Å². The van der Waals surface area contributed by atoms with Gasteiger partial charge in [0.15, 0.2) is 11.5 Å². The van der Waals surface area contributed by atoms with Gasteiger partial charge in [0.2, 0.25) is 0 Å². The topological polar surface area (TPSA) is 122 Å². The molecule has 0 saturated heterocycles. The van der Waals surface area contributed by atoms with E-state index in [1.165, 1.54) is 18.3 Å². The van der Waals surface area contributed by atoms with Crippen molar-refractivity contribution in [1.82, 2.24) is 10.6 Å². The van der Waals surface area contributed by atoms with Crippen LogP contribution in [0.25, 0.3) is 17.7 Å². The number of phenols is 2. The second kappa shape index (κ2) is 9.76. The number of aromatic hydroxyl groups is 2. The average molecular weight is 451 g/mol. The quantitative estimate of drug-likeness (QED) is 0.196. The normalized spacial score (nSPS) is 14.0. The van der Waals surface area contributed by atoms with Gasteiger partial charge in [0, 0.05) is 23.9 Å². The summed E-state index contributed by atoms with van der Waals surface area (Å²) < 4.78 is 0. The molecule has 7 nitrogen and oxygen atoms in total. The van der Waals surface area contributed by atoms with Crippen molar-refractivity contribution in [1.29, 1.82) is 5.26 Å². The number of nitrogens with zero attached hydrogens (tertiary/aromatic N) is 1. The summed E-state index contributed by atoms with van der Waals surface area (Å²) in [5.74, 6) is -1.40. The van der Waals surface area contributed by atoms with E-state index in [1.54, 1.807) is 24.3 Å². The number of nitrogens with one attached hydrogen (secondary N) is 2. The SMILES string of the molecule is N#CCc1ccc(C=Cc2ccc3c(c2)C(=CNCc2ccc(O)c(O)c2)C(=O)NC3=O)cc1. The maximum atomic E-state index is 12.5. The van der Waals surface area contributed by atoms with Crippen LogP contribution in [-0.2, 0) is 17.8 Å². The summed E-state index contributed by atoms with van der Waals surface area (Å²) in [5.41, 5.74) is 4.65. The summed E-state index contributed by atoms with van der Waals surface area (Å²) in [4.78, 5) is 24.8. The minimum atomic E-state index is -0.507. The fourth-order valence-electron chi connectivity index (χ4n) is 3.57. The van der Waals surface area contributed by atoms with Crippen molar-refractivity contribution in [2.75, 3.05) is 0 Å². The molecule has 0 fully saturated rings. The van der Waals surface area contributed by atoms with E-state index in [4.69, 9.17) is 5.26 Å². The Bertz CT molecular complexity index is 1370. The van der Waals surface area contributed by atoms with Gasteiger partial charge in [-0.3, -0.25) is 14.9 Å². The summed E-state index contributed by atoms with van der Waals surface area (Å²) >= 11 is 0. The molecule has 1 aliphatic rings. The zero-order chi connectivity index (χ0) is 24.1. The summed E-state index contributed by atoms with van der Waals surface area (Å²) in [5, 5.41) is 33.2. The lowest BCUT2D eigenvalue weighted by atomic mass is 9.93. The third-order valence-corrected chi connectivity index (χ3v) is 5.37. The number of rotatable bonds is 6. The van der Waals surface area contributed by atoms with Crippen LogP contribution in [0.5, 0.6) is 11.5 Å². The Labute approximate surface area is 196 Å². The van der Waals surface area contributed by atoms with E-state index in [0.29, 0.717) is 35.2 Å². The lowest BCUT2D eigenvalue weighted by Crippen LogP contribution is -2.37. The molecule has 1 heterocycles. The van der Waals surface area contributed by atoms with Gasteiger partial charge >= 0.3 is 0 Å². The first-order chi connectivity index (χ1) is 16.4. The van der Waals surface area contributed by atoms with Crippen LogP contribution < -0.4 is 10.6 Å². The highest BCUT2D eigenvalue weighted by atomic mass is 16.3. The zero-order valence-electron chi connectivity index (χ0n) is 18.1. The molecule has 2 amide bonds. The van der Waals surface area contributed by atoms with Crippen molar-refractivity contribution in [3.05, 3.63) is 100 Å². The minimum Gasteiger partial charge on any atom is -0.504 e. The number of hydrogen-bond donors (Lipinski definition) is 4. The molecule has 0 spiro atoms. The first-order valence-electron chi connectivity index (χ1n) is 10.5. The molecule has 0 aliphatic carbocycles. The van der Waals surface area contributed by atoms with E-state index in [9.17, 15) is 19.8 Å². The first kappa shape index (κ1) is 22.4. The number of nitriles is 1. The first-order valence-corrected chi connectivity index (χ1v) is 10.5. The van der Waals surface area contributed by atoms with Gasteiger partial charge < -0.3 is 15.5 Å². The molecule has 3 aromatic carbocycles. The number of phenolic OH excluding ortho intramolecular Hbond substituents is 2. The van der Waals surface area contributed by atoms with Crippen molar-refractivity contribution in [2.24, 2.45) is 0 Å². The summed E-state index contributed by atoms with van der Waals surface area (Å²) in [6.45, 7) is 0.301. The third kappa shape index (κ3) is 4.97. The summed E-state index contributed by atoms with van der Waals surface area (Å²) in [6.07, 6.45) is 5.70. The zero-order valence-corrected chi connectivity index (χ0v) is 18.1. The fraction of sp³-hybridized carbons (Fsp3) is 0.0741. The Balaban J connectivity index is 1.56. The van der Waals surface area contributed by atoms with E-state index in [2.05, 4.69) is 16.7 Å². The number of amides is 2. The third-order valence-electron chi connectivity index (χ3n) is 5.37. The highest BCUT2D eigenvalue weighted by Crippen LogP contribution is 2.27. The molecule has 0 radical (unpaired) electrons. The van der Waals surface area contributed by atoms with Crippen molar-refractivity contribution in [3.63, 3.8) is 0 Å². The van der Waals surface area contributed by atoms with Crippen LogP contribution in [0, 0.1) is 11.3 Å². The Morgan fingerprint density at radius 3 is 2.26 bits per heavy atom. The number of carbonyl (C=O) groups is 2. The highest BCUT2D eigenvalue weighted by Gasteiger charge is 2.27. The van der Waals surface area contributed by atoms with E-state index in [1.807, 2.05) is 36.4 Å². The molecular formula is C27H21N3O4. The Morgan fingerprint density at radius 1 is 0.824 bits per heavy atom. The Kier molecular flexibility index (Phi) is 6.42. The Morgan fingerprint density at radius 2 is 1.53 bits per heavy atom. The number of carbonyl (C=O) groups excluding carboxylic acids is 2. The molecule has 7 heteroatoms. The summed E-state index contributed by atoms with van der Waals surface area (Å²) in [6, 6.07) is 19.5. The smallest absolute Gasteiger partial charge is 0.260 e. The van der Waals surface area contributed by atoms with Gasteiger partial charge in [-0.1, -0.05) is 48.6 Å². The van der Waals surface area contributed by atoms with Gasteiger partial charge in [-0.05, 0) is 46.5 Å². The standard InChI is InChI=1S/C27H21N3O4/c28-12-11-18-3-1-17(2-4-18)5-6-19-7-9-21-22(13-19)23(27(34)30-26(21)33)16-29-15-20-8-10-24(31)25(32)14-20/h1-10,13-14,16,29,31-32H,11,15H2,(H,30,33,34). The van der Waals surface area contributed by atoms with Crippen molar-refractivity contribution in [3.8, 4) is 17.6 Å². The maximum absolute atomic E-state index is 12.5. The predicted octanol–water partition coefficient (Wildman–Crippen LogP) is 3.73. The second-order valence-corrected chi connectivity index (χ2v) is 7.76. The molecule has 4 rings (SSSR count). The number of benzene rings is 3. The van der Waals surface area contributed by atoms with Gasteiger partial charge in [0.05, 0.1) is 18.1 Å². The largest absolute Gasteiger partial charge is 0.504 e. The van der Waals surface area contributed by atoms with Gasteiger partial charge in [-0.25, -0.2) is 0 Å². The van der Waals surface area contributed by atoms with Crippen LogP contribution in [-0.4, -0.2) is 22.0 Å². The van der Waals surface area contributed by atoms with Crippen LogP contribution in [0.2, 0.25) is 0 Å². The van der Waals surface area contributed by atoms with E-state index < -0.39 is 11.8 Å². The van der Waals surface area contributed by atoms with E-state index in [0.717, 1.165) is 16.7 Å². The number of imide groups is 1. The van der Waals surface area contributed by atoms with Gasteiger partial charge in [0.25, 0.3) is 11.8 Å². The minimum absolute atomic E-state index is 0.208. The molecular weight excluding hydrogens is 430 g/mol. The molecule has 0 aromatic heterocycles. The molecule has 3 aromatic rings. The van der Waals surface area contributed by atoms with Gasteiger partial charge in [-0.15, -0.1) is 0 Å². The van der Waals surface area contributed by atoms with Gasteiger partial charge in [-0.2, -0.15) is 5.26 Å². The van der Waals surface area contributed by atoms with Crippen LogP contribution in [0.15, 0.2) is 66.9 Å². The molecule has 0 bridgehead atoms. The van der Waals surface area contributed by atoms with Crippen LogP contribution in [0.3, 0.4) is 0 Å². The average Bonchev–Trinajstić information content (AvgIpc) is 2.83. The van der Waals surface area contributed by atoms with E-state index in [-0.39, 0.29) is 11.5 Å². The summed E-state index contributed by atoms with van der Waals surface area (Å²) in [7, 11) is 0. The molecule has 168 valence electrons. The van der Waals surface area contributed by atoms with Crippen molar-refractivity contribution in [2.45, 2.75) is 13.0 Å². The lowest BCUT2D eigenvalue weighted by molar-refractivity contribution is -0.114. The molecule has 4 N–H and O–H groups in total. The second-order valence-electron chi connectivity index (χ2n) is 7.76. The predicted molar refractivity (Wildman–Crippen MR) is 128 cm³/mol. The monoisotopic (exact) mass is 451 g/mol. The maximum Gasteiger partial charge on any atom is 0.260 e. The molecule has 0 unspecified atom stereocenters. The molecule has 0 saturated carbocycles. The van der Waals surface area contributed by atoms with Crippen LogP contribution >= 0.6 is 0 Å². The van der Waals surface area contributed by atoms with Crippen molar-refractivity contribution >= 4 is 29.5 Å². The van der Waals surface area contributed by atoms with Crippen molar-refractivity contribution < 1.29 is 19.8 Å². The van der Waals surface area contributed by atoms with Crippen LogP contribution in [0.4, 0.5) is 0 Å². The highest BCUT2D eigenvalue weighted by molar-refractivity contribution is 6.31. The molecule has 0 atom stereocenters. The number of hydrogen-bond acceptors (Lipinski definition) is 6.